The van der Waals surface area contributed by atoms with Gasteiger partial charge in [0.2, 0.25) is 0 Å². The van der Waals surface area contributed by atoms with E-state index < -0.39 is 0 Å². The van der Waals surface area contributed by atoms with Crippen molar-refractivity contribution in [3.8, 4) is 0 Å². The molecule has 0 amide bonds. The molecule has 1 spiro atoms. The Hall–Kier alpha value is -0.0800. The molecule has 0 bridgehead atoms. The Morgan fingerprint density at radius 1 is 1.20 bits per heavy atom. The van der Waals surface area contributed by atoms with Crippen molar-refractivity contribution >= 4 is 0 Å². The van der Waals surface area contributed by atoms with Crippen LogP contribution in [0, 0.1) is 0 Å². The standard InChI is InChI=1S/C13H26N2/c1-3-5-12(4-2)15-11-8-13(15)6-9-14-10-7-13/h12,14H,3-11H2,1-2H3. The van der Waals surface area contributed by atoms with Gasteiger partial charge in [-0.15, -0.1) is 0 Å². The van der Waals surface area contributed by atoms with Crippen molar-refractivity contribution in [1.82, 2.24) is 10.2 Å². The third-order valence-electron chi connectivity index (χ3n) is 4.50. The van der Waals surface area contributed by atoms with Gasteiger partial charge in [0, 0.05) is 18.1 Å². The van der Waals surface area contributed by atoms with Gasteiger partial charge >= 0.3 is 0 Å². The molecule has 15 heavy (non-hydrogen) atoms. The molecule has 2 aliphatic heterocycles. The molecule has 2 aliphatic rings. The Kier molecular flexibility index (Phi) is 3.68. The average molecular weight is 210 g/mol. The SMILES string of the molecule is CCCC(CC)N1CCC12CCNCC2. The van der Waals surface area contributed by atoms with E-state index in [0.717, 1.165) is 6.04 Å². The second-order valence-electron chi connectivity index (χ2n) is 5.27. The molecule has 1 unspecified atom stereocenters. The maximum Gasteiger partial charge on any atom is 0.0248 e. The van der Waals surface area contributed by atoms with Crippen molar-refractivity contribution in [3.63, 3.8) is 0 Å². The van der Waals surface area contributed by atoms with E-state index in [2.05, 4.69) is 24.1 Å². The fourth-order valence-corrected chi connectivity index (χ4v) is 3.47. The van der Waals surface area contributed by atoms with Crippen LogP contribution >= 0.6 is 0 Å². The zero-order chi connectivity index (χ0) is 10.7. The fraction of sp³-hybridized carbons (Fsp3) is 1.00. The van der Waals surface area contributed by atoms with Crippen LogP contribution in [-0.4, -0.2) is 36.1 Å². The lowest BCUT2D eigenvalue weighted by molar-refractivity contribution is -0.0725. The maximum absolute atomic E-state index is 3.49. The fourth-order valence-electron chi connectivity index (χ4n) is 3.47. The second-order valence-corrected chi connectivity index (χ2v) is 5.27. The van der Waals surface area contributed by atoms with E-state index >= 15 is 0 Å². The molecule has 0 radical (unpaired) electrons. The van der Waals surface area contributed by atoms with Crippen LogP contribution in [0.15, 0.2) is 0 Å². The van der Waals surface area contributed by atoms with E-state index in [1.54, 1.807) is 0 Å². The number of hydrogen-bond donors (Lipinski definition) is 1. The van der Waals surface area contributed by atoms with E-state index in [1.807, 2.05) is 0 Å². The summed E-state index contributed by atoms with van der Waals surface area (Å²) in [6, 6.07) is 0.863. The molecule has 1 atom stereocenters. The van der Waals surface area contributed by atoms with E-state index in [9.17, 15) is 0 Å². The first-order valence-corrected chi connectivity index (χ1v) is 6.80. The summed E-state index contributed by atoms with van der Waals surface area (Å²) in [6.07, 6.45) is 8.29. The Morgan fingerprint density at radius 2 is 1.93 bits per heavy atom. The van der Waals surface area contributed by atoms with E-state index in [0.29, 0.717) is 5.54 Å². The zero-order valence-electron chi connectivity index (χ0n) is 10.4. The van der Waals surface area contributed by atoms with Gasteiger partial charge in [-0.1, -0.05) is 20.3 Å². The Bertz CT molecular complexity index is 197. The molecule has 2 rings (SSSR count). The van der Waals surface area contributed by atoms with Crippen LogP contribution in [0.2, 0.25) is 0 Å². The molecule has 0 aromatic heterocycles. The molecule has 0 aliphatic carbocycles. The number of nitrogens with one attached hydrogen (secondary N) is 1. The first-order chi connectivity index (χ1) is 7.32. The van der Waals surface area contributed by atoms with Gasteiger partial charge in [0.1, 0.15) is 0 Å². The van der Waals surface area contributed by atoms with Gasteiger partial charge in [-0.3, -0.25) is 4.90 Å². The molecule has 88 valence electrons. The molecule has 2 heteroatoms. The topological polar surface area (TPSA) is 15.3 Å². The molecule has 0 aromatic rings. The summed E-state index contributed by atoms with van der Waals surface area (Å²) in [5.41, 5.74) is 0.612. The normalized spacial score (nSPS) is 27.6. The highest BCUT2D eigenvalue weighted by Crippen LogP contribution is 2.41. The summed E-state index contributed by atoms with van der Waals surface area (Å²) >= 11 is 0. The van der Waals surface area contributed by atoms with Crippen LogP contribution < -0.4 is 5.32 Å². The number of piperidine rings is 1. The highest BCUT2D eigenvalue weighted by atomic mass is 15.3. The van der Waals surface area contributed by atoms with E-state index in [1.165, 1.54) is 58.2 Å². The van der Waals surface area contributed by atoms with Crippen molar-refractivity contribution in [3.05, 3.63) is 0 Å². The summed E-state index contributed by atoms with van der Waals surface area (Å²) in [5, 5.41) is 3.49. The number of nitrogens with zero attached hydrogens (tertiary/aromatic N) is 1. The van der Waals surface area contributed by atoms with Crippen LogP contribution in [0.1, 0.15) is 52.4 Å². The summed E-state index contributed by atoms with van der Waals surface area (Å²) in [5.74, 6) is 0. The molecule has 2 heterocycles. The predicted octanol–water partition coefficient (Wildman–Crippen LogP) is 2.39. The van der Waals surface area contributed by atoms with Crippen LogP contribution in [-0.2, 0) is 0 Å². The van der Waals surface area contributed by atoms with Gasteiger partial charge in [0.15, 0.2) is 0 Å². The Balaban J connectivity index is 1.96. The van der Waals surface area contributed by atoms with Crippen molar-refractivity contribution in [1.29, 1.82) is 0 Å². The molecule has 0 saturated carbocycles. The largest absolute Gasteiger partial charge is 0.317 e. The van der Waals surface area contributed by atoms with Gasteiger partial charge in [-0.05, 0) is 45.2 Å². The molecule has 2 nitrogen and oxygen atoms in total. The van der Waals surface area contributed by atoms with Crippen molar-refractivity contribution in [2.45, 2.75) is 64.0 Å². The van der Waals surface area contributed by atoms with Gasteiger partial charge in [-0.2, -0.15) is 0 Å². The predicted molar refractivity (Wildman–Crippen MR) is 65.1 cm³/mol. The lowest BCUT2D eigenvalue weighted by atomic mass is 9.75. The van der Waals surface area contributed by atoms with Crippen LogP contribution in [0.4, 0.5) is 0 Å². The average Bonchev–Trinajstić information content (AvgIpc) is 2.28. The van der Waals surface area contributed by atoms with Gasteiger partial charge in [-0.25, -0.2) is 0 Å². The summed E-state index contributed by atoms with van der Waals surface area (Å²) in [6.45, 7) is 8.50. The van der Waals surface area contributed by atoms with Gasteiger partial charge < -0.3 is 5.32 Å². The second kappa shape index (κ2) is 4.84. The lowest BCUT2D eigenvalue weighted by Gasteiger charge is -2.58. The molecule has 2 saturated heterocycles. The molecule has 1 N–H and O–H groups in total. The van der Waals surface area contributed by atoms with Crippen molar-refractivity contribution < 1.29 is 0 Å². The number of rotatable bonds is 4. The lowest BCUT2D eigenvalue weighted by Crippen LogP contribution is -2.66. The third kappa shape index (κ3) is 2.07. The summed E-state index contributed by atoms with van der Waals surface area (Å²) in [7, 11) is 0. The minimum atomic E-state index is 0.612. The first kappa shape index (κ1) is 11.4. The smallest absolute Gasteiger partial charge is 0.0248 e. The molecule has 0 aromatic carbocycles. The quantitative estimate of drug-likeness (QED) is 0.766. The number of hydrogen-bond acceptors (Lipinski definition) is 2. The monoisotopic (exact) mass is 210 g/mol. The van der Waals surface area contributed by atoms with Gasteiger partial charge in [0.05, 0.1) is 0 Å². The van der Waals surface area contributed by atoms with Crippen LogP contribution in [0.3, 0.4) is 0 Å². The van der Waals surface area contributed by atoms with Crippen LogP contribution in [0.5, 0.6) is 0 Å². The minimum absolute atomic E-state index is 0.612. The Labute approximate surface area is 94.4 Å². The third-order valence-corrected chi connectivity index (χ3v) is 4.50. The summed E-state index contributed by atoms with van der Waals surface area (Å²) in [4.78, 5) is 2.83. The number of likely N-dealkylation sites (tertiary alicyclic amines) is 1. The summed E-state index contributed by atoms with van der Waals surface area (Å²) < 4.78 is 0. The maximum atomic E-state index is 3.49. The molecule has 2 fully saturated rings. The molecular weight excluding hydrogens is 184 g/mol. The highest BCUT2D eigenvalue weighted by Gasteiger charge is 2.47. The minimum Gasteiger partial charge on any atom is -0.317 e. The van der Waals surface area contributed by atoms with Crippen molar-refractivity contribution in [2.24, 2.45) is 0 Å². The Morgan fingerprint density at radius 3 is 2.40 bits per heavy atom. The highest BCUT2D eigenvalue weighted by molar-refractivity contribution is 5.04. The van der Waals surface area contributed by atoms with E-state index in [4.69, 9.17) is 0 Å². The van der Waals surface area contributed by atoms with Crippen molar-refractivity contribution in [2.75, 3.05) is 19.6 Å². The first-order valence-electron chi connectivity index (χ1n) is 6.80. The molecular formula is C13H26N2. The van der Waals surface area contributed by atoms with Gasteiger partial charge in [0.25, 0.3) is 0 Å². The van der Waals surface area contributed by atoms with Crippen LogP contribution in [0.25, 0.3) is 0 Å². The zero-order valence-corrected chi connectivity index (χ0v) is 10.4. The van der Waals surface area contributed by atoms with E-state index in [-0.39, 0.29) is 0 Å².